The number of hydrogen-bond donors (Lipinski definition) is 1. The minimum absolute atomic E-state index is 0. The topological polar surface area (TPSA) is 40.5 Å². The van der Waals surface area contributed by atoms with Crippen LogP contribution in [0.2, 0.25) is 0 Å². The molecule has 146 valence electrons. The Balaban J connectivity index is 0.00000261. The lowest BCUT2D eigenvalue weighted by molar-refractivity contribution is 0.440. The number of halogens is 1. The van der Waals surface area contributed by atoms with Gasteiger partial charge in [0.25, 0.3) is 0 Å². The first-order chi connectivity index (χ1) is 12.7. The minimum atomic E-state index is 0. The van der Waals surface area contributed by atoms with E-state index in [1.165, 1.54) is 21.8 Å². The average Bonchev–Trinajstić information content (AvgIpc) is 3.15. The summed E-state index contributed by atoms with van der Waals surface area (Å²) in [5.41, 5.74) is 3.94. The first-order valence-electron chi connectivity index (χ1n) is 9.31. The third-order valence-electron chi connectivity index (χ3n) is 4.59. The van der Waals surface area contributed by atoms with Crippen LogP contribution >= 0.6 is 35.3 Å². The molecule has 1 aromatic carbocycles. The van der Waals surface area contributed by atoms with Crippen molar-refractivity contribution in [3.8, 4) is 0 Å². The fourth-order valence-corrected chi connectivity index (χ4v) is 3.98. The summed E-state index contributed by atoms with van der Waals surface area (Å²) in [6.45, 7) is 7.14. The van der Waals surface area contributed by atoms with Crippen LogP contribution < -0.4 is 5.32 Å². The smallest absolute Gasteiger partial charge is 0.193 e. The van der Waals surface area contributed by atoms with E-state index in [0.29, 0.717) is 5.92 Å². The number of guanidine groups is 1. The summed E-state index contributed by atoms with van der Waals surface area (Å²) in [6, 6.07) is 10.7. The zero-order chi connectivity index (χ0) is 18.4. The molecule has 0 fully saturated rings. The molecule has 0 atom stereocenters. The first-order valence-corrected chi connectivity index (χ1v) is 10.2. The van der Waals surface area contributed by atoms with Crippen LogP contribution in [0.1, 0.15) is 42.5 Å². The summed E-state index contributed by atoms with van der Waals surface area (Å²) < 4.78 is 0. The number of thiazole rings is 1. The van der Waals surface area contributed by atoms with E-state index >= 15 is 0 Å². The van der Waals surface area contributed by atoms with Crippen LogP contribution in [-0.2, 0) is 6.42 Å². The van der Waals surface area contributed by atoms with Crippen LogP contribution in [0.25, 0.3) is 5.57 Å². The largest absolute Gasteiger partial charge is 0.356 e. The van der Waals surface area contributed by atoms with E-state index < -0.39 is 0 Å². The van der Waals surface area contributed by atoms with Gasteiger partial charge in [-0.05, 0) is 17.6 Å². The third-order valence-corrected chi connectivity index (χ3v) is 5.79. The molecule has 0 saturated carbocycles. The Morgan fingerprint density at radius 2 is 2.07 bits per heavy atom. The molecule has 1 aliphatic heterocycles. The maximum atomic E-state index is 4.70. The molecule has 0 saturated heterocycles. The summed E-state index contributed by atoms with van der Waals surface area (Å²) >= 11 is 1.76. The molecule has 0 aliphatic carbocycles. The van der Waals surface area contributed by atoms with Gasteiger partial charge in [-0.2, -0.15) is 0 Å². The molecule has 0 bridgehead atoms. The predicted molar refractivity (Wildman–Crippen MR) is 127 cm³/mol. The molecule has 3 rings (SSSR count). The highest BCUT2D eigenvalue weighted by atomic mass is 127. The highest BCUT2D eigenvalue weighted by molar-refractivity contribution is 14.0. The van der Waals surface area contributed by atoms with Gasteiger partial charge in [0.1, 0.15) is 0 Å². The monoisotopic (exact) mass is 496 g/mol. The number of rotatable bonds is 5. The summed E-state index contributed by atoms with van der Waals surface area (Å²) in [5, 5.41) is 6.89. The summed E-state index contributed by atoms with van der Waals surface area (Å²) in [7, 11) is 1.86. The van der Waals surface area contributed by atoms with Gasteiger partial charge in [-0.25, -0.2) is 4.98 Å². The summed E-state index contributed by atoms with van der Waals surface area (Å²) in [4.78, 5) is 11.5. The van der Waals surface area contributed by atoms with Gasteiger partial charge in [0.2, 0.25) is 0 Å². The Labute approximate surface area is 183 Å². The SMILES string of the molecule is CN=C(NCCc1csc(C(C)C)n1)N1CC=C(c2ccccc2)CC1.I. The zero-order valence-electron chi connectivity index (χ0n) is 16.3. The Bertz CT molecular complexity index is 767. The fourth-order valence-electron chi connectivity index (χ4n) is 3.11. The standard InChI is InChI=1S/C21H28N4S.HI/c1-16(2)20-24-19(15-26-20)9-12-23-21(22-3)25-13-10-18(11-14-25)17-7-5-4-6-8-17;/h4-8,10,15-16H,9,11-14H2,1-3H3,(H,22,23);1H. The van der Waals surface area contributed by atoms with Crippen molar-refractivity contribution in [2.45, 2.75) is 32.6 Å². The fraction of sp³-hybridized carbons (Fsp3) is 0.429. The van der Waals surface area contributed by atoms with E-state index in [-0.39, 0.29) is 24.0 Å². The molecule has 6 heteroatoms. The number of aromatic nitrogens is 1. The number of nitrogens with zero attached hydrogens (tertiary/aromatic N) is 3. The van der Waals surface area contributed by atoms with Crippen LogP contribution in [0.5, 0.6) is 0 Å². The van der Waals surface area contributed by atoms with Gasteiger partial charge in [0.05, 0.1) is 10.7 Å². The molecule has 0 radical (unpaired) electrons. The van der Waals surface area contributed by atoms with Crippen LogP contribution in [-0.4, -0.2) is 42.5 Å². The highest BCUT2D eigenvalue weighted by Gasteiger charge is 2.16. The lowest BCUT2D eigenvalue weighted by atomic mass is 10.00. The molecule has 2 aromatic rings. The van der Waals surface area contributed by atoms with Crippen LogP contribution in [0.4, 0.5) is 0 Å². The van der Waals surface area contributed by atoms with Gasteiger partial charge in [0, 0.05) is 44.4 Å². The van der Waals surface area contributed by atoms with Gasteiger partial charge in [-0.3, -0.25) is 4.99 Å². The van der Waals surface area contributed by atoms with E-state index in [4.69, 9.17) is 4.98 Å². The number of aliphatic imine (C=N–C) groups is 1. The average molecular weight is 496 g/mol. The molecule has 0 amide bonds. The predicted octanol–water partition coefficient (Wildman–Crippen LogP) is 4.79. The normalized spacial score (nSPS) is 14.7. The third kappa shape index (κ3) is 6.04. The van der Waals surface area contributed by atoms with Gasteiger partial charge in [0.15, 0.2) is 5.96 Å². The van der Waals surface area contributed by atoms with Crippen molar-refractivity contribution in [3.63, 3.8) is 0 Å². The van der Waals surface area contributed by atoms with E-state index in [9.17, 15) is 0 Å². The molecular formula is C21H29IN4S. The minimum Gasteiger partial charge on any atom is -0.356 e. The van der Waals surface area contributed by atoms with Crippen molar-refractivity contribution in [2.75, 3.05) is 26.7 Å². The molecule has 0 spiro atoms. The maximum Gasteiger partial charge on any atom is 0.193 e. The molecule has 1 aromatic heterocycles. The summed E-state index contributed by atoms with van der Waals surface area (Å²) in [5.74, 6) is 1.49. The van der Waals surface area contributed by atoms with Gasteiger partial charge in [-0.15, -0.1) is 35.3 Å². The quantitative estimate of drug-likeness (QED) is 0.368. The van der Waals surface area contributed by atoms with Crippen molar-refractivity contribution in [1.29, 1.82) is 0 Å². The van der Waals surface area contributed by atoms with Gasteiger partial charge in [-0.1, -0.05) is 50.3 Å². The van der Waals surface area contributed by atoms with Crippen LogP contribution in [0, 0.1) is 0 Å². The molecule has 2 heterocycles. The molecule has 1 N–H and O–H groups in total. The van der Waals surface area contributed by atoms with E-state index in [0.717, 1.165) is 38.4 Å². The number of benzene rings is 1. The van der Waals surface area contributed by atoms with E-state index in [1.807, 2.05) is 7.05 Å². The molecule has 4 nitrogen and oxygen atoms in total. The second kappa shape index (κ2) is 10.8. The maximum absolute atomic E-state index is 4.70. The second-order valence-corrected chi connectivity index (χ2v) is 7.74. The van der Waals surface area contributed by atoms with Crippen molar-refractivity contribution in [2.24, 2.45) is 4.99 Å². The van der Waals surface area contributed by atoms with Crippen molar-refractivity contribution in [1.82, 2.24) is 15.2 Å². The molecule has 0 unspecified atom stereocenters. The lowest BCUT2D eigenvalue weighted by Gasteiger charge is -2.29. The van der Waals surface area contributed by atoms with Crippen LogP contribution in [0.15, 0.2) is 46.8 Å². The zero-order valence-corrected chi connectivity index (χ0v) is 19.5. The molecule has 1 aliphatic rings. The molecular weight excluding hydrogens is 467 g/mol. The van der Waals surface area contributed by atoms with E-state index in [1.54, 1.807) is 11.3 Å². The second-order valence-electron chi connectivity index (χ2n) is 6.85. The van der Waals surface area contributed by atoms with E-state index in [2.05, 4.69) is 70.8 Å². The Morgan fingerprint density at radius 3 is 2.67 bits per heavy atom. The van der Waals surface area contributed by atoms with Gasteiger partial charge < -0.3 is 10.2 Å². The Kier molecular flexibility index (Phi) is 8.76. The van der Waals surface area contributed by atoms with Crippen molar-refractivity contribution in [3.05, 3.63) is 58.1 Å². The highest BCUT2D eigenvalue weighted by Crippen LogP contribution is 2.22. The van der Waals surface area contributed by atoms with Crippen molar-refractivity contribution >= 4 is 46.8 Å². The Morgan fingerprint density at radius 1 is 1.30 bits per heavy atom. The summed E-state index contributed by atoms with van der Waals surface area (Å²) in [6.07, 6.45) is 4.30. The van der Waals surface area contributed by atoms with Gasteiger partial charge >= 0.3 is 0 Å². The molecule has 27 heavy (non-hydrogen) atoms. The first kappa shape index (κ1) is 21.9. The number of nitrogens with one attached hydrogen (secondary N) is 1. The van der Waals surface area contributed by atoms with Crippen molar-refractivity contribution < 1.29 is 0 Å². The van der Waals surface area contributed by atoms with Crippen LogP contribution in [0.3, 0.4) is 0 Å². The lowest BCUT2D eigenvalue weighted by Crippen LogP contribution is -2.44. The number of hydrogen-bond acceptors (Lipinski definition) is 3. The Hall–Kier alpha value is -1.41.